The molecule has 1 N–H and O–H groups in total. The second kappa shape index (κ2) is 6.16. The third kappa shape index (κ3) is 3.44. The van der Waals surface area contributed by atoms with Crippen LogP contribution in [0.25, 0.3) is 0 Å². The highest BCUT2D eigenvalue weighted by molar-refractivity contribution is 5.75. The summed E-state index contributed by atoms with van der Waals surface area (Å²) in [5.41, 5.74) is 1.16. The van der Waals surface area contributed by atoms with E-state index in [0.717, 1.165) is 18.3 Å². The van der Waals surface area contributed by atoms with Crippen LogP contribution in [-0.2, 0) is 24.4 Å². The van der Waals surface area contributed by atoms with Gasteiger partial charge in [-0.25, -0.2) is 0 Å². The van der Waals surface area contributed by atoms with E-state index in [2.05, 4.69) is 15.5 Å². The SMILES string of the molecule is CCn1cc(CNC(=O)Cn2ncc([N+](=O)[O-])c2C)cn1. The lowest BCUT2D eigenvalue weighted by molar-refractivity contribution is -0.385. The number of aromatic nitrogens is 4. The van der Waals surface area contributed by atoms with E-state index in [0.29, 0.717) is 12.2 Å². The highest BCUT2D eigenvalue weighted by Crippen LogP contribution is 2.15. The first-order valence-corrected chi connectivity index (χ1v) is 6.46. The number of nitrogens with zero attached hydrogens (tertiary/aromatic N) is 5. The third-order valence-electron chi connectivity index (χ3n) is 3.07. The Morgan fingerprint density at radius 2 is 2.19 bits per heavy atom. The van der Waals surface area contributed by atoms with Crippen LogP contribution < -0.4 is 5.32 Å². The maximum absolute atomic E-state index is 11.8. The Hall–Kier alpha value is -2.71. The molecule has 1 amide bonds. The molecule has 0 atom stereocenters. The summed E-state index contributed by atoms with van der Waals surface area (Å²) in [5.74, 6) is -0.264. The van der Waals surface area contributed by atoms with Gasteiger partial charge >= 0.3 is 5.69 Å². The monoisotopic (exact) mass is 292 g/mol. The molecular weight excluding hydrogens is 276 g/mol. The molecule has 2 heterocycles. The molecule has 0 spiro atoms. The summed E-state index contributed by atoms with van der Waals surface area (Å²) in [6.45, 7) is 4.61. The molecule has 112 valence electrons. The maximum Gasteiger partial charge on any atom is 0.309 e. The number of amides is 1. The van der Waals surface area contributed by atoms with E-state index in [1.807, 2.05) is 13.1 Å². The quantitative estimate of drug-likeness (QED) is 0.620. The Morgan fingerprint density at radius 1 is 1.43 bits per heavy atom. The Kier molecular flexibility index (Phi) is 4.31. The number of hydrogen-bond donors (Lipinski definition) is 1. The minimum Gasteiger partial charge on any atom is -0.350 e. The molecule has 0 saturated heterocycles. The second-order valence-corrected chi connectivity index (χ2v) is 4.51. The molecule has 0 aromatic carbocycles. The summed E-state index contributed by atoms with van der Waals surface area (Å²) in [6.07, 6.45) is 4.69. The zero-order chi connectivity index (χ0) is 15.4. The largest absolute Gasteiger partial charge is 0.350 e. The van der Waals surface area contributed by atoms with E-state index in [1.54, 1.807) is 17.8 Å². The molecular formula is C12H16N6O3. The van der Waals surface area contributed by atoms with Crippen molar-refractivity contribution < 1.29 is 9.72 Å². The zero-order valence-electron chi connectivity index (χ0n) is 11.8. The van der Waals surface area contributed by atoms with E-state index in [1.165, 1.54) is 4.68 Å². The van der Waals surface area contributed by atoms with Crippen LogP contribution in [0, 0.1) is 17.0 Å². The lowest BCUT2D eigenvalue weighted by Gasteiger charge is -2.05. The van der Waals surface area contributed by atoms with Gasteiger partial charge in [0.05, 0.1) is 11.1 Å². The van der Waals surface area contributed by atoms with Crippen molar-refractivity contribution in [3.05, 3.63) is 40.0 Å². The van der Waals surface area contributed by atoms with Crippen LogP contribution in [0.5, 0.6) is 0 Å². The minimum absolute atomic E-state index is 0.0540. The average molecular weight is 292 g/mol. The number of carbonyl (C=O) groups excluding carboxylic acids is 1. The van der Waals surface area contributed by atoms with Crippen LogP contribution in [-0.4, -0.2) is 30.4 Å². The third-order valence-corrected chi connectivity index (χ3v) is 3.07. The van der Waals surface area contributed by atoms with Gasteiger partial charge < -0.3 is 5.32 Å². The molecule has 2 rings (SSSR count). The summed E-state index contributed by atoms with van der Waals surface area (Å²) in [4.78, 5) is 22.0. The van der Waals surface area contributed by atoms with Crippen LogP contribution >= 0.6 is 0 Å². The fraction of sp³-hybridized carbons (Fsp3) is 0.417. The molecule has 0 unspecified atom stereocenters. The smallest absolute Gasteiger partial charge is 0.309 e. The Morgan fingerprint density at radius 3 is 2.76 bits per heavy atom. The highest BCUT2D eigenvalue weighted by Gasteiger charge is 2.17. The van der Waals surface area contributed by atoms with Gasteiger partial charge in [0.2, 0.25) is 5.91 Å². The van der Waals surface area contributed by atoms with Crippen molar-refractivity contribution >= 4 is 11.6 Å². The van der Waals surface area contributed by atoms with E-state index < -0.39 is 4.92 Å². The first-order valence-electron chi connectivity index (χ1n) is 6.46. The van der Waals surface area contributed by atoms with Gasteiger partial charge in [-0.1, -0.05) is 0 Å². The van der Waals surface area contributed by atoms with Crippen LogP contribution in [0.2, 0.25) is 0 Å². The van der Waals surface area contributed by atoms with Crippen LogP contribution in [0.3, 0.4) is 0 Å². The number of nitro groups is 1. The van der Waals surface area contributed by atoms with Gasteiger partial charge in [-0.3, -0.25) is 24.3 Å². The molecule has 0 aliphatic rings. The van der Waals surface area contributed by atoms with Crippen LogP contribution in [0.15, 0.2) is 18.6 Å². The molecule has 2 aromatic heterocycles. The predicted molar refractivity (Wildman–Crippen MR) is 73.4 cm³/mol. The van der Waals surface area contributed by atoms with Gasteiger partial charge in [-0.05, 0) is 13.8 Å². The van der Waals surface area contributed by atoms with Crippen molar-refractivity contribution in [3.63, 3.8) is 0 Å². The van der Waals surface area contributed by atoms with Gasteiger partial charge in [-0.15, -0.1) is 0 Å². The number of rotatable bonds is 6. The fourth-order valence-electron chi connectivity index (χ4n) is 1.84. The summed E-state index contributed by atoms with van der Waals surface area (Å²) >= 11 is 0. The Labute approximate surface area is 120 Å². The number of nitrogens with one attached hydrogen (secondary N) is 1. The number of aryl methyl sites for hydroxylation is 1. The Balaban J connectivity index is 1.91. The van der Waals surface area contributed by atoms with Crippen molar-refractivity contribution in [2.24, 2.45) is 0 Å². The summed E-state index contributed by atoms with van der Waals surface area (Å²) in [5, 5.41) is 21.4. The molecule has 0 fully saturated rings. The van der Waals surface area contributed by atoms with Gasteiger partial charge in [0.15, 0.2) is 0 Å². The Bertz CT molecular complexity index is 660. The lowest BCUT2D eigenvalue weighted by atomic mass is 10.3. The molecule has 0 radical (unpaired) electrons. The van der Waals surface area contributed by atoms with Crippen molar-refractivity contribution in [2.45, 2.75) is 33.5 Å². The van der Waals surface area contributed by atoms with Gasteiger partial charge in [0.1, 0.15) is 18.4 Å². The lowest BCUT2D eigenvalue weighted by Crippen LogP contribution is -2.27. The van der Waals surface area contributed by atoms with Gasteiger partial charge in [0.25, 0.3) is 0 Å². The fourth-order valence-corrected chi connectivity index (χ4v) is 1.84. The van der Waals surface area contributed by atoms with E-state index in [9.17, 15) is 14.9 Å². The molecule has 2 aromatic rings. The van der Waals surface area contributed by atoms with Gasteiger partial charge in [-0.2, -0.15) is 10.2 Å². The van der Waals surface area contributed by atoms with Crippen molar-refractivity contribution in [1.29, 1.82) is 0 Å². The molecule has 0 saturated carbocycles. The molecule has 0 aliphatic heterocycles. The minimum atomic E-state index is -0.518. The predicted octanol–water partition coefficient (Wildman–Crippen LogP) is 0.633. The molecule has 21 heavy (non-hydrogen) atoms. The van der Waals surface area contributed by atoms with Crippen LogP contribution in [0.1, 0.15) is 18.2 Å². The molecule has 0 aliphatic carbocycles. The average Bonchev–Trinajstić information content (AvgIpc) is 3.04. The maximum atomic E-state index is 11.8. The molecule has 0 bridgehead atoms. The topological polar surface area (TPSA) is 108 Å². The summed E-state index contributed by atoms with van der Waals surface area (Å²) in [7, 11) is 0. The van der Waals surface area contributed by atoms with E-state index in [4.69, 9.17) is 0 Å². The summed E-state index contributed by atoms with van der Waals surface area (Å²) in [6, 6.07) is 0. The zero-order valence-corrected chi connectivity index (χ0v) is 11.8. The van der Waals surface area contributed by atoms with Crippen LogP contribution in [0.4, 0.5) is 5.69 Å². The summed E-state index contributed by atoms with van der Waals surface area (Å²) < 4.78 is 3.07. The van der Waals surface area contributed by atoms with Gasteiger partial charge in [0, 0.05) is 24.8 Å². The first-order chi connectivity index (χ1) is 10.0. The molecule has 9 nitrogen and oxygen atoms in total. The second-order valence-electron chi connectivity index (χ2n) is 4.51. The number of carbonyl (C=O) groups is 1. The highest BCUT2D eigenvalue weighted by atomic mass is 16.6. The van der Waals surface area contributed by atoms with Crippen molar-refractivity contribution in [1.82, 2.24) is 24.9 Å². The van der Waals surface area contributed by atoms with Crippen molar-refractivity contribution in [2.75, 3.05) is 0 Å². The van der Waals surface area contributed by atoms with E-state index >= 15 is 0 Å². The standard InChI is InChI=1S/C12H16N6O3/c1-3-16-7-10(5-14-16)4-13-12(19)8-17-9(2)11(6-15-17)18(20)21/h5-7H,3-4,8H2,1-2H3,(H,13,19). The van der Waals surface area contributed by atoms with E-state index in [-0.39, 0.29) is 18.1 Å². The molecule has 9 heteroatoms. The normalized spacial score (nSPS) is 10.6. The number of hydrogen-bond acceptors (Lipinski definition) is 5. The van der Waals surface area contributed by atoms with Crippen molar-refractivity contribution in [3.8, 4) is 0 Å². The first kappa shape index (κ1) is 14.7.